The molecular formula is C12H20ClNO. The molecule has 2 atom stereocenters. The van der Waals surface area contributed by atoms with Crippen LogP contribution in [0.2, 0.25) is 0 Å². The fraction of sp³-hybridized carbons (Fsp3) is 0.917. The van der Waals surface area contributed by atoms with Gasteiger partial charge in [0.25, 0.3) is 0 Å². The van der Waals surface area contributed by atoms with Crippen LogP contribution in [0.25, 0.3) is 0 Å². The average molecular weight is 230 g/mol. The van der Waals surface area contributed by atoms with Crippen molar-refractivity contribution in [3.05, 3.63) is 0 Å². The van der Waals surface area contributed by atoms with Gasteiger partial charge in [0.2, 0.25) is 5.91 Å². The molecule has 1 amide bonds. The summed E-state index contributed by atoms with van der Waals surface area (Å²) in [5, 5.41) is 3.04. The molecule has 0 spiro atoms. The number of hydrogen-bond acceptors (Lipinski definition) is 1. The van der Waals surface area contributed by atoms with Crippen LogP contribution >= 0.6 is 11.6 Å². The molecule has 2 fully saturated rings. The highest BCUT2D eigenvalue weighted by Gasteiger charge is 2.54. The number of halogens is 1. The Morgan fingerprint density at radius 3 is 2.47 bits per heavy atom. The third-order valence-electron chi connectivity index (χ3n) is 3.82. The van der Waals surface area contributed by atoms with Gasteiger partial charge in [-0.3, -0.25) is 4.79 Å². The van der Waals surface area contributed by atoms with E-state index in [1.807, 2.05) is 0 Å². The zero-order valence-electron chi connectivity index (χ0n) is 9.18. The van der Waals surface area contributed by atoms with Crippen LogP contribution in [0.4, 0.5) is 0 Å². The molecule has 0 radical (unpaired) electrons. The average Bonchev–Trinajstić information content (AvgIpc) is 2.98. The molecule has 2 unspecified atom stereocenters. The van der Waals surface area contributed by atoms with Crippen molar-refractivity contribution in [2.75, 3.05) is 12.4 Å². The Labute approximate surface area is 96.8 Å². The van der Waals surface area contributed by atoms with E-state index in [1.165, 1.54) is 25.7 Å². The van der Waals surface area contributed by atoms with Gasteiger partial charge in [0.1, 0.15) is 0 Å². The lowest BCUT2D eigenvalue weighted by molar-refractivity contribution is -0.122. The van der Waals surface area contributed by atoms with Crippen LogP contribution in [-0.2, 0) is 4.79 Å². The molecule has 2 rings (SSSR count). The lowest BCUT2D eigenvalue weighted by Gasteiger charge is -2.04. The van der Waals surface area contributed by atoms with Gasteiger partial charge in [0.15, 0.2) is 0 Å². The third kappa shape index (κ3) is 2.66. The second-order valence-electron chi connectivity index (χ2n) is 4.83. The van der Waals surface area contributed by atoms with Crippen LogP contribution in [0, 0.1) is 17.8 Å². The molecule has 0 heterocycles. The van der Waals surface area contributed by atoms with E-state index in [1.54, 1.807) is 0 Å². The number of unbranched alkanes of at least 4 members (excludes halogenated alkanes) is 1. The molecule has 0 saturated heterocycles. The predicted octanol–water partition coefficient (Wildman–Crippen LogP) is 2.56. The summed E-state index contributed by atoms with van der Waals surface area (Å²) < 4.78 is 0. The first-order chi connectivity index (χ1) is 7.34. The Balaban J connectivity index is 1.64. The molecule has 86 valence electrons. The normalized spacial score (nSPS) is 33.3. The largest absolute Gasteiger partial charge is 0.356 e. The zero-order valence-corrected chi connectivity index (χ0v) is 9.93. The van der Waals surface area contributed by atoms with Gasteiger partial charge < -0.3 is 5.32 Å². The molecule has 2 nitrogen and oxygen atoms in total. The Morgan fingerprint density at radius 2 is 1.87 bits per heavy atom. The summed E-state index contributed by atoms with van der Waals surface area (Å²) in [4.78, 5) is 11.8. The van der Waals surface area contributed by atoms with E-state index in [4.69, 9.17) is 11.6 Å². The van der Waals surface area contributed by atoms with E-state index in [0.29, 0.717) is 17.7 Å². The molecular weight excluding hydrogens is 210 g/mol. The van der Waals surface area contributed by atoms with Gasteiger partial charge >= 0.3 is 0 Å². The molecule has 0 aliphatic heterocycles. The smallest absolute Gasteiger partial charge is 0.223 e. The van der Waals surface area contributed by atoms with Crippen molar-refractivity contribution < 1.29 is 4.79 Å². The van der Waals surface area contributed by atoms with E-state index < -0.39 is 0 Å². The Kier molecular flexibility index (Phi) is 3.90. The minimum atomic E-state index is 0.307. The number of amides is 1. The number of rotatable bonds is 5. The summed E-state index contributed by atoms with van der Waals surface area (Å²) in [7, 11) is 0. The number of carbonyl (C=O) groups excluding carboxylic acids is 1. The minimum Gasteiger partial charge on any atom is -0.356 e. The number of carbonyl (C=O) groups is 1. The topological polar surface area (TPSA) is 29.1 Å². The number of fused-ring (bicyclic) bond motifs is 1. The highest BCUT2D eigenvalue weighted by molar-refractivity contribution is 6.17. The SMILES string of the molecule is O=C(NCCCCCl)C1C2CCCCC21. The summed E-state index contributed by atoms with van der Waals surface area (Å²) in [5.41, 5.74) is 0. The Morgan fingerprint density at radius 1 is 1.20 bits per heavy atom. The number of alkyl halides is 1. The van der Waals surface area contributed by atoms with E-state index in [9.17, 15) is 4.79 Å². The van der Waals surface area contributed by atoms with Crippen molar-refractivity contribution in [1.82, 2.24) is 5.32 Å². The molecule has 0 aromatic heterocycles. The minimum absolute atomic E-state index is 0.307. The molecule has 15 heavy (non-hydrogen) atoms. The third-order valence-corrected chi connectivity index (χ3v) is 4.09. The van der Waals surface area contributed by atoms with E-state index in [0.717, 1.165) is 31.2 Å². The zero-order chi connectivity index (χ0) is 10.7. The summed E-state index contributed by atoms with van der Waals surface area (Å²) in [5.74, 6) is 2.83. The Bertz CT molecular complexity index is 220. The maximum atomic E-state index is 11.8. The van der Waals surface area contributed by atoms with Crippen LogP contribution in [0.15, 0.2) is 0 Å². The quantitative estimate of drug-likeness (QED) is 0.570. The van der Waals surface area contributed by atoms with Gasteiger partial charge in [0, 0.05) is 18.3 Å². The highest BCUT2D eigenvalue weighted by Crippen LogP contribution is 2.55. The summed E-state index contributed by atoms with van der Waals surface area (Å²) in [6.45, 7) is 0.807. The standard InChI is InChI=1S/C12H20ClNO/c13-7-3-4-8-14-12(15)11-9-5-1-2-6-10(9)11/h9-11H,1-8H2,(H,14,15). The van der Waals surface area contributed by atoms with E-state index in [-0.39, 0.29) is 0 Å². The second-order valence-corrected chi connectivity index (χ2v) is 5.20. The maximum absolute atomic E-state index is 11.8. The molecule has 2 aliphatic carbocycles. The lowest BCUT2D eigenvalue weighted by atomic mass is 10.0. The van der Waals surface area contributed by atoms with E-state index in [2.05, 4.69) is 5.32 Å². The molecule has 3 heteroatoms. The van der Waals surface area contributed by atoms with Crippen LogP contribution in [0.1, 0.15) is 38.5 Å². The van der Waals surface area contributed by atoms with Crippen molar-refractivity contribution in [1.29, 1.82) is 0 Å². The fourth-order valence-electron chi connectivity index (χ4n) is 2.93. The van der Waals surface area contributed by atoms with Gasteiger partial charge in [-0.2, -0.15) is 0 Å². The van der Waals surface area contributed by atoms with Crippen LogP contribution in [-0.4, -0.2) is 18.3 Å². The van der Waals surface area contributed by atoms with Gasteiger partial charge in [-0.15, -0.1) is 11.6 Å². The van der Waals surface area contributed by atoms with Gasteiger partial charge in [0.05, 0.1) is 0 Å². The highest BCUT2D eigenvalue weighted by atomic mass is 35.5. The molecule has 2 aliphatic rings. The first-order valence-corrected chi connectivity index (χ1v) is 6.71. The molecule has 1 N–H and O–H groups in total. The van der Waals surface area contributed by atoms with Gasteiger partial charge in [-0.05, 0) is 37.5 Å². The lowest BCUT2D eigenvalue weighted by Crippen LogP contribution is -2.27. The van der Waals surface area contributed by atoms with Crippen molar-refractivity contribution in [3.8, 4) is 0 Å². The maximum Gasteiger partial charge on any atom is 0.223 e. The second kappa shape index (κ2) is 5.20. The molecule has 0 aromatic rings. The summed E-state index contributed by atoms with van der Waals surface area (Å²) >= 11 is 5.58. The van der Waals surface area contributed by atoms with Crippen molar-refractivity contribution in [2.24, 2.45) is 17.8 Å². The first kappa shape index (κ1) is 11.3. The predicted molar refractivity (Wildman–Crippen MR) is 61.9 cm³/mol. The number of nitrogens with one attached hydrogen (secondary N) is 1. The van der Waals surface area contributed by atoms with Crippen molar-refractivity contribution in [2.45, 2.75) is 38.5 Å². The molecule has 2 saturated carbocycles. The van der Waals surface area contributed by atoms with Crippen molar-refractivity contribution >= 4 is 17.5 Å². The summed E-state index contributed by atoms with van der Waals surface area (Å²) in [6, 6.07) is 0. The van der Waals surface area contributed by atoms with Crippen LogP contribution < -0.4 is 5.32 Å². The van der Waals surface area contributed by atoms with Gasteiger partial charge in [-0.25, -0.2) is 0 Å². The number of hydrogen-bond donors (Lipinski definition) is 1. The van der Waals surface area contributed by atoms with Gasteiger partial charge in [-0.1, -0.05) is 12.8 Å². The van der Waals surface area contributed by atoms with Crippen LogP contribution in [0.5, 0.6) is 0 Å². The Hall–Kier alpha value is -0.240. The fourth-order valence-corrected chi connectivity index (χ4v) is 3.12. The van der Waals surface area contributed by atoms with Crippen molar-refractivity contribution in [3.63, 3.8) is 0 Å². The molecule has 0 aromatic carbocycles. The summed E-state index contributed by atoms with van der Waals surface area (Å²) in [6.07, 6.45) is 7.24. The van der Waals surface area contributed by atoms with E-state index >= 15 is 0 Å². The molecule has 0 bridgehead atoms. The van der Waals surface area contributed by atoms with Crippen LogP contribution in [0.3, 0.4) is 0 Å². The first-order valence-electron chi connectivity index (χ1n) is 6.18. The monoisotopic (exact) mass is 229 g/mol.